The van der Waals surface area contributed by atoms with Crippen LogP contribution in [0, 0.1) is 0 Å². The highest BCUT2D eigenvalue weighted by Crippen LogP contribution is 2.34. The maximum absolute atomic E-state index is 12.9. The van der Waals surface area contributed by atoms with Crippen molar-refractivity contribution in [1.82, 2.24) is 29.8 Å². The Morgan fingerprint density at radius 3 is 2.48 bits per heavy atom. The van der Waals surface area contributed by atoms with Crippen molar-refractivity contribution >= 4 is 32.9 Å². The first-order chi connectivity index (χ1) is 20.3. The number of unbranched alkanes of at least 4 members (excludes halogenated alkanes) is 1. The Kier molecular flexibility index (Phi) is 10.1. The predicted octanol–water partition coefficient (Wildman–Crippen LogP) is 4.30. The van der Waals surface area contributed by atoms with E-state index in [0.29, 0.717) is 11.6 Å². The molecule has 2 saturated carbocycles. The normalized spacial score (nSPS) is 20.0. The van der Waals surface area contributed by atoms with E-state index in [1.165, 1.54) is 6.42 Å². The molecule has 0 atom stereocenters. The maximum Gasteiger partial charge on any atom is 0.240 e. The van der Waals surface area contributed by atoms with Gasteiger partial charge >= 0.3 is 0 Å². The Hall–Kier alpha value is -3.09. The molecular weight excluding hydrogens is 554 g/mol. The quantitative estimate of drug-likeness (QED) is 0.226. The minimum atomic E-state index is -3.78. The predicted molar refractivity (Wildman–Crippen MR) is 162 cm³/mol. The Morgan fingerprint density at radius 2 is 1.76 bits per heavy atom. The van der Waals surface area contributed by atoms with E-state index >= 15 is 0 Å². The molecule has 228 valence electrons. The van der Waals surface area contributed by atoms with Crippen molar-refractivity contribution in [3.05, 3.63) is 30.5 Å². The number of aliphatic hydroxyl groups excluding tert-OH is 1. The monoisotopic (exact) mass is 597 g/mol. The molecule has 5 rings (SSSR count). The van der Waals surface area contributed by atoms with Crippen LogP contribution in [0.4, 0.5) is 5.95 Å². The fourth-order valence-electron chi connectivity index (χ4n) is 5.88. The summed E-state index contributed by atoms with van der Waals surface area (Å²) in [6.45, 7) is 2.96. The van der Waals surface area contributed by atoms with Gasteiger partial charge in [-0.15, -0.1) is 0 Å². The van der Waals surface area contributed by atoms with Gasteiger partial charge in [0, 0.05) is 37.3 Å². The Bertz CT molecular complexity index is 1440. The average Bonchev–Trinajstić information content (AvgIpc) is 3.37. The summed E-state index contributed by atoms with van der Waals surface area (Å²) in [5.74, 6) is 0.431. The molecule has 3 aromatic rings. The number of nitrogens with one attached hydrogen (secondary N) is 3. The second kappa shape index (κ2) is 13.9. The van der Waals surface area contributed by atoms with Gasteiger partial charge in [0.15, 0.2) is 5.65 Å². The van der Waals surface area contributed by atoms with E-state index in [-0.39, 0.29) is 42.0 Å². The molecule has 0 unspecified atom stereocenters. The van der Waals surface area contributed by atoms with Gasteiger partial charge in [0.05, 0.1) is 22.4 Å². The third-order valence-electron chi connectivity index (χ3n) is 8.33. The molecule has 2 heterocycles. The zero-order valence-electron chi connectivity index (χ0n) is 24.4. The summed E-state index contributed by atoms with van der Waals surface area (Å²) in [7, 11) is -3.78. The van der Waals surface area contributed by atoms with Crippen molar-refractivity contribution in [1.29, 1.82) is 0 Å². The SMILES string of the molecule is CCCCNc1ncc2c(-c3ccc(S(=O)(=O)NCCC(=O)NC4CCCCC4)cc3)nn([C@H]3CC[C@@H](O)CC3)c2n1. The molecule has 1 amide bonds. The van der Waals surface area contributed by atoms with Gasteiger partial charge in [-0.05, 0) is 57.1 Å². The van der Waals surface area contributed by atoms with Crippen molar-refractivity contribution in [2.75, 3.05) is 18.4 Å². The Balaban J connectivity index is 1.30. The molecule has 1 aromatic carbocycles. The lowest BCUT2D eigenvalue weighted by atomic mass is 9.93. The van der Waals surface area contributed by atoms with Crippen LogP contribution in [0.2, 0.25) is 0 Å². The topological polar surface area (TPSA) is 151 Å². The van der Waals surface area contributed by atoms with Crippen LogP contribution >= 0.6 is 0 Å². The largest absolute Gasteiger partial charge is 0.393 e. The summed E-state index contributed by atoms with van der Waals surface area (Å²) >= 11 is 0. The first-order valence-corrected chi connectivity index (χ1v) is 16.9. The molecule has 0 bridgehead atoms. The number of carbonyl (C=O) groups excluding carboxylic acids is 1. The Labute approximate surface area is 248 Å². The van der Waals surface area contributed by atoms with Crippen molar-refractivity contribution in [2.45, 2.75) is 107 Å². The summed E-state index contributed by atoms with van der Waals surface area (Å²) in [5.41, 5.74) is 2.17. The van der Waals surface area contributed by atoms with Crippen LogP contribution in [-0.4, -0.2) is 64.4 Å². The molecule has 2 aliphatic carbocycles. The average molecular weight is 598 g/mol. The molecule has 42 heavy (non-hydrogen) atoms. The van der Waals surface area contributed by atoms with Gasteiger partial charge in [-0.3, -0.25) is 4.79 Å². The number of amides is 1. The summed E-state index contributed by atoms with van der Waals surface area (Å²) in [4.78, 5) is 21.7. The number of fused-ring (bicyclic) bond motifs is 1. The van der Waals surface area contributed by atoms with Crippen LogP contribution < -0.4 is 15.4 Å². The molecule has 2 aromatic heterocycles. The van der Waals surface area contributed by atoms with Crippen LogP contribution in [0.3, 0.4) is 0 Å². The number of hydrogen-bond acceptors (Lipinski definition) is 8. The van der Waals surface area contributed by atoms with Gasteiger partial charge in [0.1, 0.15) is 5.69 Å². The van der Waals surface area contributed by atoms with E-state index in [2.05, 4.69) is 27.3 Å². The van der Waals surface area contributed by atoms with Gasteiger partial charge in [-0.1, -0.05) is 44.7 Å². The number of anilines is 1. The lowest BCUT2D eigenvalue weighted by Gasteiger charge is -2.25. The molecule has 4 N–H and O–H groups in total. The number of rotatable bonds is 12. The Morgan fingerprint density at radius 1 is 1.02 bits per heavy atom. The summed E-state index contributed by atoms with van der Waals surface area (Å²) in [5, 5.41) is 22.1. The first kappa shape index (κ1) is 30.4. The summed E-state index contributed by atoms with van der Waals surface area (Å²) in [6, 6.07) is 6.92. The molecular formula is C30H43N7O4S. The smallest absolute Gasteiger partial charge is 0.240 e. The van der Waals surface area contributed by atoms with Crippen LogP contribution in [0.25, 0.3) is 22.3 Å². The fraction of sp³-hybridized carbons (Fsp3) is 0.600. The molecule has 0 saturated heterocycles. The highest BCUT2D eigenvalue weighted by Gasteiger charge is 2.26. The number of sulfonamides is 1. The van der Waals surface area contributed by atoms with Gasteiger partial charge < -0.3 is 15.7 Å². The van der Waals surface area contributed by atoms with Gasteiger partial charge in [0.25, 0.3) is 0 Å². The number of aromatic nitrogens is 4. The minimum Gasteiger partial charge on any atom is -0.393 e. The summed E-state index contributed by atoms with van der Waals surface area (Å²) in [6.07, 6.45) is 12.2. The minimum absolute atomic E-state index is 0.0414. The van der Waals surface area contributed by atoms with Crippen molar-refractivity contribution in [3.8, 4) is 11.3 Å². The number of aliphatic hydroxyl groups is 1. The van der Waals surface area contributed by atoms with Crippen molar-refractivity contribution in [2.24, 2.45) is 0 Å². The van der Waals surface area contributed by atoms with Gasteiger partial charge in [0.2, 0.25) is 21.9 Å². The second-order valence-corrected chi connectivity index (χ2v) is 13.3. The first-order valence-electron chi connectivity index (χ1n) is 15.4. The standard InChI is InChI=1S/C30H43N7O4S/c1-2-3-18-31-30-32-20-26-28(36-37(29(26)35-30)23-11-13-24(38)14-12-23)21-9-15-25(16-10-21)42(40,41)33-19-17-27(39)34-22-7-5-4-6-8-22/h9-10,15-16,20,22-24,33,38H,2-8,11-14,17-19H2,1H3,(H,34,39)(H,31,32,35)/t23-,24+. The highest BCUT2D eigenvalue weighted by molar-refractivity contribution is 7.89. The van der Waals surface area contributed by atoms with E-state index in [4.69, 9.17) is 10.1 Å². The van der Waals surface area contributed by atoms with Crippen LogP contribution in [0.15, 0.2) is 35.4 Å². The highest BCUT2D eigenvalue weighted by atomic mass is 32.2. The van der Waals surface area contributed by atoms with Gasteiger partial charge in [-0.2, -0.15) is 10.1 Å². The second-order valence-electron chi connectivity index (χ2n) is 11.5. The zero-order chi connectivity index (χ0) is 29.5. The van der Waals surface area contributed by atoms with E-state index < -0.39 is 10.0 Å². The van der Waals surface area contributed by atoms with Gasteiger partial charge in [-0.25, -0.2) is 22.8 Å². The lowest BCUT2D eigenvalue weighted by Crippen LogP contribution is -2.38. The number of nitrogens with zero attached hydrogens (tertiary/aromatic N) is 4. The van der Waals surface area contributed by atoms with Crippen molar-refractivity contribution < 1.29 is 18.3 Å². The molecule has 0 spiro atoms. The third-order valence-corrected chi connectivity index (χ3v) is 9.80. The number of carbonyl (C=O) groups is 1. The van der Waals surface area contributed by atoms with E-state index in [1.807, 2.05) is 4.68 Å². The molecule has 12 heteroatoms. The van der Waals surface area contributed by atoms with Crippen molar-refractivity contribution in [3.63, 3.8) is 0 Å². The fourth-order valence-corrected chi connectivity index (χ4v) is 6.91. The van der Waals surface area contributed by atoms with Crippen LogP contribution in [-0.2, 0) is 14.8 Å². The molecule has 2 fully saturated rings. The molecule has 0 aliphatic heterocycles. The van der Waals surface area contributed by atoms with Crippen LogP contribution in [0.1, 0.15) is 90.0 Å². The maximum atomic E-state index is 12.9. The lowest BCUT2D eigenvalue weighted by molar-refractivity contribution is -0.121. The van der Waals surface area contributed by atoms with Crippen LogP contribution in [0.5, 0.6) is 0 Å². The van der Waals surface area contributed by atoms with E-state index in [1.54, 1.807) is 30.5 Å². The third kappa shape index (κ3) is 7.45. The number of hydrogen-bond donors (Lipinski definition) is 4. The number of benzene rings is 1. The van der Waals surface area contributed by atoms with E-state index in [9.17, 15) is 18.3 Å². The summed E-state index contributed by atoms with van der Waals surface area (Å²) < 4.78 is 30.4. The molecule has 11 nitrogen and oxygen atoms in total. The molecule has 0 radical (unpaired) electrons. The van der Waals surface area contributed by atoms with E-state index in [0.717, 1.165) is 87.3 Å². The zero-order valence-corrected chi connectivity index (χ0v) is 25.2. The molecule has 2 aliphatic rings.